The van der Waals surface area contributed by atoms with Crippen LogP contribution in [0.3, 0.4) is 0 Å². The van der Waals surface area contributed by atoms with Gasteiger partial charge >= 0.3 is 5.97 Å². The molecule has 0 unspecified atom stereocenters. The summed E-state index contributed by atoms with van der Waals surface area (Å²) in [5.74, 6) is -1.16. The predicted octanol–water partition coefficient (Wildman–Crippen LogP) is 1.63. The summed E-state index contributed by atoms with van der Waals surface area (Å²) in [5, 5.41) is 8.95. The summed E-state index contributed by atoms with van der Waals surface area (Å²) in [7, 11) is -2.19. The molecule has 1 aromatic heterocycles. The van der Waals surface area contributed by atoms with Crippen LogP contribution in [0.25, 0.3) is 0 Å². The van der Waals surface area contributed by atoms with Gasteiger partial charge in [0.15, 0.2) is 0 Å². The Hall–Kier alpha value is -2.12. The number of rotatable bonds is 7. The molecule has 0 spiro atoms. The van der Waals surface area contributed by atoms with Gasteiger partial charge in [0.25, 0.3) is 0 Å². The molecule has 1 heterocycles. The average molecular weight is 322 g/mol. The molecule has 22 heavy (non-hydrogen) atoms. The number of aryl methyl sites for hydroxylation is 2. The van der Waals surface area contributed by atoms with Crippen LogP contribution in [-0.2, 0) is 23.5 Å². The number of carbonyl (C=O) groups is 1. The Morgan fingerprint density at radius 2 is 1.95 bits per heavy atom. The molecule has 0 aliphatic heterocycles. The molecular weight excluding hydrogens is 304 g/mol. The van der Waals surface area contributed by atoms with Gasteiger partial charge in [0.1, 0.15) is 10.6 Å². The normalized spacial score (nSPS) is 11.5. The quantitative estimate of drug-likeness (QED) is 0.758. The maximum absolute atomic E-state index is 12.1. The summed E-state index contributed by atoms with van der Waals surface area (Å²) in [5.41, 5.74) is 1.08. The zero-order valence-corrected chi connectivity index (χ0v) is 13.0. The monoisotopic (exact) mass is 322 g/mol. The van der Waals surface area contributed by atoms with Gasteiger partial charge < -0.3 is 9.67 Å². The molecule has 118 valence electrons. The van der Waals surface area contributed by atoms with Gasteiger partial charge in [0.2, 0.25) is 10.0 Å². The number of hydrogen-bond acceptors (Lipinski definition) is 3. The third kappa shape index (κ3) is 3.96. The van der Waals surface area contributed by atoms with Crippen molar-refractivity contribution in [2.45, 2.75) is 17.7 Å². The fraction of sp³-hybridized carbons (Fsp3) is 0.267. The Labute approximate surface area is 129 Å². The number of benzene rings is 1. The topological polar surface area (TPSA) is 88.4 Å². The van der Waals surface area contributed by atoms with Crippen LogP contribution in [-0.4, -0.2) is 30.6 Å². The highest BCUT2D eigenvalue weighted by Gasteiger charge is 2.19. The molecule has 0 radical (unpaired) electrons. The lowest BCUT2D eigenvalue weighted by atomic mass is 10.1. The Bertz CT molecular complexity index is 751. The van der Waals surface area contributed by atoms with E-state index in [-0.39, 0.29) is 10.6 Å². The second-order valence-electron chi connectivity index (χ2n) is 4.96. The van der Waals surface area contributed by atoms with Gasteiger partial charge in [-0.05, 0) is 24.5 Å². The Morgan fingerprint density at radius 1 is 1.27 bits per heavy atom. The zero-order chi connectivity index (χ0) is 16.2. The first-order valence-corrected chi connectivity index (χ1v) is 8.32. The van der Waals surface area contributed by atoms with Crippen LogP contribution in [0.5, 0.6) is 0 Å². The van der Waals surface area contributed by atoms with Crippen LogP contribution in [0.15, 0.2) is 47.5 Å². The van der Waals surface area contributed by atoms with E-state index in [1.54, 1.807) is 0 Å². The van der Waals surface area contributed by atoms with Crippen molar-refractivity contribution in [1.29, 1.82) is 0 Å². The first kappa shape index (κ1) is 16.3. The van der Waals surface area contributed by atoms with Crippen molar-refractivity contribution in [3.63, 3.8) is 0 Å². The van der Waals surface area contributed by atoms with E-state index in [1.165, 1.54) is 17.8 Å². The molecule has 2 aromatic rings. The van der Waals surface area contributed by atoms with E-state index < -0.39 is 16.0 Å². The van der Waals surface area contributed by atoms with Crippen molar-refractivity contribution >= 4 is 16.0 Å². The number of nitrogens with one attached hydrogen (secondary N) is 1. The fourth-order valence-electron chi connectivity index (χ4n) is 2.12. The van der Waals surface area contributed by atoms with E-state index in [9.17, 15) is 13.2 Å². The molecule has 1 aromatic carbocycles. The van der Waals surface area contributed by atoms with E-state index in [4.69, 9.17) is 5.11 Å². The summed E-state index contributed by atoms with van der Waals surface area (Å²) in [6.45, 7) is 0.300. The number of aromatic nitrogens is 1. The average Bonchev–Trinajstić information content (AvgIpc) is 2.88. The lowest BCUT2D eigenvalue weighted by molar-refractivity contribution is 0.0686. The van der Waals surface area contributed by atoms with E-state index in [2.05, 4.69) is 4.72 Å². The number of carboxylic acid groups (broad SMARTS) is 1. The van der Waals surface area contributed by atoms with Gasteiger partial charge in [0, 0.05) is 19.8 Å². The largest absolute Gasteiger partial charge is 0.477 e. The first-order chi connectivity index (χ1) is 10.4. The van der Waals surface area contributed by atoms with Crippen LogP contribution in [0, 0.1) is 0 Å². The number of sulfonamides is 1. The molecule has 0 saturated heterocycles. The summed E-state index contributed by atoms with van der Waals surface area (Å²) in [6.07, 6.45) is 2.74. The minimum atomic E-state index is -3.68. The van der Waals surface area contributed by atoms with Crippen LogP contribution in [0.4, 0.5) is 0 Å². The predicted molar refractivity (Wildman–Crippen MR) is 82.3 cm³/mol. The van der Waals surface area contributed by atoms with Crippen molar-refractivity contribution < 1.29 is 18.3 Å². The van der Waals surface area contributed by atoms with Crippen molar-refractivity contribution in [1.82, 2.24) is 9.29 Å². The molecule has 0 fully saturated rings. The summed E-state index contributed by atoms with van der Waals surface area (Å²) < 4.78 is 28.0. The van der Waals surface area contributed by atoms with E-state index in [1.807, 2.05) is 30.3 Å². The molecule has 0 aliphatic rings. The zero-order valence-electron chi connectivity index (χ0n) is 12.2. The second-order valence-corrected chi connectivity index (χ2v) is 6.73. The van der Waals surface area contributed by atoms with E-state index in [0.29, 0.717) is 13.0 Å². The first-order valence-electron chi connectivity index (χ1n) is 6.83. The molecule has 2 N–H and O–H groups in total. The highest BCUT2D eigenvalue weighted by Crippen LogP contribution is 2.13. The van der Waals surface area contributed by atoms with Crippen LogP contribution in [0.2, 0.25) is 0 Å². The maximum Gasteiger partial charge on any atom is 0.352 e. The summed E-state index contributed by atoms with van der Waals surface area (Å²) in [4.78, 5) is 10.9. The van der Waals surface area contributed by atoms with Crippen molar-refractivity contribution in [2.75, 3.05) is 6.54 Å². The number of carboxylic acids is 1. The number of aromatic carboxylic acids is 1. The molecular formula is C15H18N2O4S. The summed E-state index contributed by atoms with van der Waals surface area (Å²) >= 11 is 0. The minimum absolute atomic E-state index is 0.0351. The third-order valence-corrected chi connectivity index (χ3v) is 4.71. The third-order valence-electron chi connectivity index (χ3n) is 3.29. The molecule has 0 atom stereocenters. The minimum Gasteiger partial charge on any atom is -0.477 e. The van der Waals surface area contributed by atoms with Crippen LogP contribution >= 0.6 is 0 Å². The highest BCUT2D eigenvalue weighted by molar-refractivity contribution is 7.89. The van der Waals surface area contributed by atoms with Crippen molar-refractivity contribution in [3.05, 3.63) is 53.9 Å². The smallest absolute Gasteiger partial charge is 0.352 e. The molecule has 0 bridgehead atoms. The molecule has 2 rings (SSSR count). The van der Waals surface area contributed by atoms with Crippen LogP contribution < -0.4 is 4.72 Å². The van der Waals surface area contributed by atoms with Gasteiger partial charge in [-0.2, -0.15) is 0 Å². The van der Waals surface area contributed by atoms with Crippen LogP contribution in [0.1, 0.15) is 22.5 Å². The molecule has 0 saturated carbocycles. The van der Waals surface area contributed by atoms with E-state index >= 15 is 0 Å². The second kappa shape index (κ2) is 6.76. The molecule has 0 aliphatic carbocycles. The maximum atomic E-state index is 12.1. The van der Waals surface area contributed by atoms with Gasteiger partial charge in [-0.3, -0.25) is 0 Å². The lowest BCUT2D eigenvalue weighted by Gasteiger charge is -2.05. The number of nitrogens with zero attached hydrogens (tertiary/aromatic N) is 1. The van der Waals surface area contributed by atoms with Gasteiger partial charge in [-0.15, -0.1) is 0 Å². The molecule has 6 nitrogen and oxygen atoms in total. The lowest BCUT2D eigenvalue weighted by Crippen LogP contribution is -2.24. The highest BCUT2D eigenvalue weighted by atomic mass is 32.2. The molecule has 0 amide bonds. The molecule has 7 heteroatoms. The van der Waals surface area contributed by atoms with E-state index in [0.717, 1.165) is 18.1 Å². The Balaban J connectivity index is 1.94. The Morgan fingerprint density at radius 3 is 2.55 bits per heavy atom. The van der Waals surface area contributed by atoms with Crippen molar-refractivity contribution in [2.24, 2.45) is 7.05 Å². The van der Waals surface area contributed by atoms with Gasteiger partial charge in [-0.1, -0.05) is 30.3 Å². The van der Waals surface area contributed by atoms with Gasteiger partial charge in [-0.25, -0.2) is 17.9 Å². The number of hydrogen-bond donors (Lipinski definition) is 2. The fourth-order valence-corrected chi connectivity index (χ4v) is 3.26. The summed E-state index contributed by atoms with van der Waals surface area (Å²) in [6, 6.07) is 11.0. The Kier molecular flexibility index (Phi) is 4.99. The standard InChI is InChI=1S/C15H18N2O4S/c1-17-11-13(10-14(17)15(18)19)22(20,21)16-9-5-8-12-6-3-2-4-7-12/h2-4,6-7,10-11,16H,5,8-9H2,1H3,(H,18,19). The SMILES string of the molecule is Cn1cc(S(=O)(=O)NCCCc2ccccc2)cc1C(=O)O. The van der Waals surface area contributed by atoms with Gasteiger partial charge in [0.05, 0.1) is 0 Å². The van der Waals surface area contributed by atoms with Crippen molar-refractivity contribution in [3.8, 4) is 0 Å².